The van der Waals surface area contributed by atoms with Gasteiger partial charge in [-0.3, -0.25) is 14.4 Å². The van der Waals surface area contributed by atoms with Crippen molar-refractivity contribution in [1.29, 1.82) is 0 Å². The Balaban J connectivity index is 4.29. The highest BCUT2D eigenvalue weighted by molar-refractivity contribution is 5.71. The van der Waals surface area contributed by atoms with Crippen LogP contribution in [0.25, 0.3) is 0 Å². The molecule has 0 aromatic carbocycles. The Hall–Kier alpha value is -2.89. The number of carbonyl (C=O) groups is 3. The molecule has 0 spiro atoms. The minimum Gasteiger partial charge on any atom is -0.462 e. The van der Waals surface area contributed by atoms with Crippen molar-refractivity contribution in [3.63, 3.8) is 0 Å². The van der Waals surface area contributed by atoms with Crippen LogP contribution in [0.2, 0.25) is 0 Å². The van der Waals surface area contributed by atoms with Gasteiger partial charge in [0.1, 0.15) is 13.2 Å². The molecule has 0 aliphatic carbocycles. The van der Waals surface area contributed by atoms with Crippen molar-refractivity contribution in [1.82, 2.24) is 0 Å². The Morgan fingerprint density at radius 3 is 0.722 bits per heavy atom. The van der Waals surface area contributed by atoms with Gasteiger partial charge in [0.15, 0.2) is 6.10 Å². The molecule has 1 unspecified atom stereocenters. The molecule has 0 saturated heterocycles. The number of hydrogen-bond acceptors (Lipinski definition) is 6. The van der Waals surface area contributed by atoms with Crippen LogP contribution in [0.1, 0.15) is 367 Å². The normalized spacial score (nSPS) is 12.4. The maximum absolute atomic E-state index is 12.9. The van der Waals surface area contributed by atoms with Crippen LogP contribution in [0.15, 0.2) is 60.8 Å². The quantitative estimate of drug-likeness (QED) is 0.0261. The third-order valence-corrected chi connectivity index (χ3v) is 15.5. The second-order valence-electron chi connectivity index (χ2n) is 23.4. The zero-order valence-corrected chi connectivity index (χ0v) is 52.9. The van der Waals surface area contributed by atoms with Gasteiger partial charge in [-0.2, -0.15) is 0 Å². The number of carbonyl (C=O) groups excluding carboxylic acids is 3. The summed E-state index contributed by atoms with van der Waals surface area (Å²) in [4.78, 5) is 38.4. The fraction of sp³-hybridized carbons (Fsp3) is 0.822. The predicted molar refractivity (Wildman–Crippen MR) is 344 cm³/mol. The molecule has 6 nitrogen and oxygen atoms in total. The van der Waals surface area contributed by atoms with E-state index in [1.165, 1.54) is 238 Å². The van der Waals surface area contributed by atoms with E-state index in [9.17, 15) is 14.4 Å². The number of unbranched alkanes of at least 4 members (excludes halogenated alkanes) is 43. The van der Waals surface area contributed by atoms with Gasteiger partial charge in [0.05, 0.1) is 0 Å². The van der Waals surface area contributed by atoms with Crippen molar-refractivity contribution in [2.24, 2.45) is 0 Å². The van der Waals surface area contributed by atoms with E-state index >= 15 is 0 Å². The van der Waals surface area contributed by atoms with E-state index in [1.54, 1.807) is 0 Å². The highest BCUT2D eigenvalue weighted by Gasteiger charge is 2.19. The molecule has 0 aliphatic heterocycles. The van der Waals surface area contributed by atoms with Gasteiger partial charge in [0.25, 0.3) is 0 Å². The van der Waals surface area contributed by atoms with Gasteiger partial charge in [-0.05, 0) is 109 Å². The predicted octanol–water partition coefficient (Wildman–Crippen LogP) is 23.9. The summed E-state index contributed by atoms with van der Waals surface area (Å²) in [5, 5.41) is 0. The summed E-state index contributed by atoms with van der Waals surface area (Å²) >= 11 is 0. The van der Waals surface area contributed by atoms with Crippen molar-refractivity contribution in [3.05, 3.63) is 60.8 Å². The van der Waals surface area contributed by atoms with E-state index in [4.69, 9.17) is 14.2 Å². The van der Waals surface area contributed by atoms with E-state index in [0.29, 0.717) is 19.3 Å². The van der Waals surface area contributed by atoms with Crippen molar-refractivity contribution < 1.29 is 28.6 Å². The summed E-state index contributed by atoms with van der Waals surface area (Å²) in [5.41, 5.74) is 0. The number of rotatable bonds is 64. The molecular weight excluding hydrogens is 973 g/mol. The Bertz CT molecular complexity index is 1410. The molecule has 79 heavy (non-hydrogen) atoms. The van der Waals surface area contributed by atoms with Gasteiger partial charge in [0.2, 0.25) is 0 Å². The maximum Gasteiger partial charge on any atom is 0.306 e. The Morgan fingerprint density at radius 2 is 0.456 bits per heavy atom. The van der Waals surface area contributed by atoms with Gasteiger partial charge in [-0.1, -0.05) is 300 Å². The Morgan fingerprint density at radius 1 is 0.253 bits per heavy atom. The smallest absolute Gasteiger partial charge is 0.306 e. The minimum atomic E-state index is -0.785. The topological polar surface area (TPSA) is 78.9 Å². The highest BCUT2D eigenvalue weighted by Crippen LogP contribution is 2.17. The number of hydrogen-bond donors (Lipinski definition) is 0. The molecule has 0 N–H and O–H groups in total. The SMILES string of the molecule is CCCCCC/C=C\C/C=C\CCCCCCCCCC(=O)OC(COC(=O)CCCCCCC/C=C\C/C=C\CCCCCC)COC(=O)CCCCCCCCCCCCCCCCC/C=C\CCCCCCCCCC. The zero-order chi connectivity index (χ0) is 57.1. The second kappa shape index (κ2) is 67.6. The third kappa shape index (κ3) is 65.8. The fourth-order valence-electron chi connectivity index (χ4n) is 10.2. The molecule has 0 aromatic heterocycles. The molecule has 0 bridgehead atoms. The van der Waals surface area contributed by atoms with Crippen LogP contribution in [0.5, 0.6) is 0 Å². The average molecular weight is 1110 g/mol. The Kier molecular flexibility index (Phi) is 65.1. The van der Waals surface area contributed by atoms with Crippen LogP contribution in [0, 0.1) is 0 Å². The minimum absolute atomic E-state index is 0.0794. The molecule has 0 aliphatic rings. The van der Waals surface area contributed by atoms with E-state index in [2.05, 4.69) is 81.5 Å². The zero-order valence-electron chi connectivity index (χ0n) is 52.9. The molecule has 460 valence electrons. The number of esters is 3. The highest BCUT2D eigenvalue weighted by atomic mass is 16.6. The van der Waals surface area contributed by atoms with Crippen LogP contribution in [-0.4, -0.2) is 37.2 Å². The fourth-order valence-corrected chi connectivity index (χ4v) is 10.2. The van der Waals surface area contributed by atoms with Crippen molar-refractivity contribution in [2.75, 3.05) is 13.2 Å². The maximum atomic E-state index is 12.9. The third-order valence-electron chi connectivity index (χ3n) is 15.5. The lowest BCUT2D eigenvalue weighted by molar-refractivity contribution is -0.167. The van der Waals surface area contributed by atoms with Crippen LogP contribution in [-0.2, 0) is 28.6 Å². The number of allylic oxidation sites excluding steroid dienone is 10. The molecule has 0 rings (SSSR count). The molecule has 0 radical (unpaired) electrons. The molecule has 0 amide bonds. The van der Waals surface area contributed by atoms with Crippen LogP contribution < -0.4 is 0 Å². The summed E-state index contributed by atoms with van der Waals surface area (Å²) in [6.45, 7) is 6.64. The monoisotopic (exact) mass is 1110 g/mol. The number of ether oxygens (including phenoxy) is 3. The first-order chi connectivity index (χ1) is 39.0. The largest absolute Gasteiger partial charge is 0.462 e. The summed E-state index contributed by atoms with van der Waals surface area (Å²) in [5.74, 6) is -0.881. The van der Waals surface area contributed by atoms with E-state index in [0.717, 1.165) is 89.9 Å². The van der Waals surface area contributed by atoms with Crippen LogP contribution in [0.3, 0.4) is 0 Å². The first kappa shape index (κ1) is 76.1. The molecule has 0 fully saturated rings. The van der Waals surface area contributed by atoms with Crippen molar-refractivity contribution in [2.45, 2.75) is 374 Å². The first-order valence-corrected chi connectivity index (χ1v) is 34.8. The first-order valence-electron chi connectivity index (χ1n) is 34.8. The summed E-state index contributed by atoms with van der Waals surface area (Å²) in [6.07, 6.45) is 86.7. The standard InChI is InChI=1S/C73H132O6/c1-4-7-10-13-16-19-22-25-28-31-33-34-35-36-37-38-39-40-41-43-45-48-51-54-57-60-63-66-72(75)78-69-70(68-77-71(74)65-62-59-56-53-50-47-44-30-27-24-21-18-15-12-9-6-3)79-73(76)67-64-61-58-55-52-49-46-42-32-29-26-23-20-17-14-11-8-5-2/h20-21,23-24,29-33,44,70H,4-19,22,25-28,34-43,45-69H2,1-3H3/b23-20-,24-21-,32-29-,33-31-,44-30-. The molecular formula is C73H132O6. The molecule has 1 atom stereocenters. The van der Waals surface area contributed by atoms with Gasteiger partial charge in [-0.25, -0.2) is 0 Å². The molecule has 0 aromatic rings. The van der Waals surface area contributed by atoms with Gasteiger partial charge in [0, 0.05) is 19.3 Å². The molecule has 0 saturated carbocycles. The van der Waals surface area contributed by atoms with Crippen molar-refractivity contribution in [3.8, 4) is 0 Å². The molecule has 6 heteroatoms. The van der Waals surface area contributed by atoms with Gasteiger partial charge in [-0.15, -0.1) is 0 Å². The lowest BCUT2D eigenvalue weighted by atomic mass is 10.0. The van der Waals surface area contributed by atoms with Gasteiger partial charge < -0.3 is 14.2 Å². The lowest BCUT2D eigenvalue weighted by Gasteiger charge is -2.18. The van der Waals surface area contributed by atoms with E-state index < -0.39 is 6.10 Å². The van der Waals surface area contributed by atoms with Crippen LogP contribution >= 0.6 is 0 Å². The summed E-state index contributed by atoms with van der Waals surface area (Å²) < 4.78 is 17.0. The van der Waals surface area contributed by atoms with E-state index in [1.807, 2.05) is 0 Å². The van der Waals surface area contributed by atoms with Gasteiger partial charge >= 0.3 is 17.9 Å². The average Bonchev–Trinajstić information content (AvgIpc) is 3.45. The summed E-state index contributed by atoms with van der Waals surface area (Å²) in [7, 11) is 0. The van der Waals surface area contributed by atoms with Crippen molar-refractivity contribution >= 4 is 17.9 Å². The second-order valence-corrected chi connectivity index (χ2v) is 23.4. The van der Waals surface area contributed by atoms with Crippen LogP contribution in [0.4, 0.5) is 0 Å². The van der Waals surface area contributed by atoms with E-state index in [-0.39, 0.29) is 31.1 Å². The lowest BCUT2D eigenvalue weighted by Crippen LogP contribution is -2.30. The Labute approximate surface area is 491 Å². The molecule has 0 heterocycles. The summed E-state index contributed by atoms with van der Waals surface area (Å²) in [6, 6.07) is 0.